The van der Waals surface area contributed by atoms with Crippen LogP contribution in [0.3, 0.4) is 0 Å². The Hall–Kier alpha value is -2.71. The first kappa shape index (κ1) is 19.6. The van der Waals surface area contributed by atoms with Crippen LogP contribution < -0.4 is 4.74 Å². The third-order valence-corrected chi connectivity index (χ3v) is 5.25. The topological polar surface area (TPSA) is 89.3 Å². The zero-order valence-electron chi connectivity index (χ0n) is 16.9. The molecule has 1 aliphatic heterocycles. The van der Waals surface area contributed by atoms with Crippen molar-refractivity contribution in [3.63, 3.8) is 0 Å². The smallest absolute Gasteiger partial charge is 0.223 e. The number of aryl methyl sites for hydroxylation is 1. The highest BCUT2D eigenvalue weighted by Gasteiger charge is 2.21. The van der Waals surface area contributed by atoms with Crippen molar-refractivity contribution in [2.24, 2.45) is 0 Å². The van der Waals surface area contributed by atoms with Crippen molar-refractivity contribution in [3.05, 3.63) is 47.7 Å². The van der Waals surface area contributed by atoms with E-state index in [0.717, 1.165) is 49.5 Å². The summed E-state index contributed by atoms with van der Waals surface area (Å²) in [5.41, 5.74) is 3.34. The van der Waals surface area contributed by atoms with Gasteiger partial charge in [-0.05, 0) is 25.0 Å². The summed E-state index contributed by atoms with van der Waals surface area (Å²) < 4.78 is 16.3. The van der Waals surface area contributed by atoms with Gasteiger partial charge in [0.05, 0.1) is 31.7 Å². The van der Waals surface area contributed by atoms with Gasteiger partial charge in [-0.15, -0.1) is 0 Å². The molecule has 154 valence electrons. The van der Waals surface area contributed by atoms with E-state index in [1.54, 1.807) is 14.0 Å². The zero-order valence-corrected chi connectivity index (χ0v) is 16.9. The summed E-state index contributed by atoms with van der Waals surface area (Å²) in [5, 5.41) is 11.3. The molecule has 4 rings (SSSR count). The van der Waals surface area contributed by atoms with E-state index in [1.807, 2.05) is 24.4 Å². The van der Waals surface area contributed by atoms with Crippen molar-refractivity contribution in [1.82, 2.24) is 25.2 Å². The van der Waals surface area contributed by atoms with E-state index in [-0.39, 0.29) is 0 Å². The number of benzene rings is 1. The van der Waals surface area contributed by atoms with Gasteiger partial charge < -0.3 is 14.0 Å². The number of ether oxygens (including phenoxy) is 2. The predicted octanol–water partition coefficient (Wildman–Crippen LogP) is 3.00. The minimum Gasteiger partial charge on any atom is -0.497 e. The maximum absolute atomic E-state index is 6.02. The Bertz CT molecular complexity index is 914. The van der Waals surface area contributed by atoms with Crippen LogP contribution in [0.1, 0.15) is 30.1 Å². The molecular formula is C21H27N5O3. The van der Waals surface area contributed by atoms with Crippen molar-refractivity contribution < 1.29 is 14.0 Å². The predicted molar refractivity (Wildman–Crippen MR) is 108 cm³/mol. The lowest BCUT2D eigenvalue weighted by Crippen LogP contribution is -2.36. The summed E-state index contributed by atoms with van der Waals surface area (Å²) in [6.07, 6.45) is 4.96. The fourth-order valence-electron chi connectivity index (χ4n) is 3.69. The summed E-state index contributed by atoms with van der Waals surface area (Å²) in [4.78, 5) is 6.66. The summed E-state index contributed by atoms with van der Waals surface area (Å²) in [7, 11) is 1.68. The number of hydrogen-bond acceptors (Lipinski definition) is 7. The number of aromatic nitrogens is 4. The van der Waals surface area contributed by atoms with Crippen molar-refractivity contribution in [2.45, 2.75) is 38.8 Å². The van der Waals surface area contributed by atoms with Crippen LogP contribution in [0.15, 0.2) is 35.0 Å². The SMILES string of the molecule is COc1cccc(-c2[nH]ncc2CN2CCC(OCCc3noc(C)n3)CC2)c1. The standard InChI is InChI=1S/C21H27N5O3/c1-15-23-20(25-29-15)8-11-28-18-6-9-26(10-7-18)14-17-13-22-24-21(17)16-4-3-5-19(12-16)27-2/h3-5,12-13,18H,6-11,14H2,1-2H3,(H,22,24). The highest BCUT2D eigenvalue weighted by molar-refractivity contribution is 5.64. The van der Waals surface area contributed by atoms with E-state index in [2.05, 4.69) is 31.3 Å². The summed E-state index contributed by atoms with van der Waals surface area (Å²) in [5.74, 6) is 2.16. The number of nitrogens with zero attached hydrogens (tertiary/aromatic N) is 4. The molecule has 0 amide bonds. The second-order valence-corrected chi connectivity index (χ2v) is 7.33. The quantitative estimate of drug-likeness (QED) is 0.625. The Labute approximate surface area is 170 Å². The lowest BCUT2D eigenvalue weighted by atomic mass is 10.0. The van der Waals surface area contributed by atoms with E-state index in [9.17, 15) is 0 Å². The van der Waals surface area contributed by atoms with Crippen LogP contribution in [0.4, 0.5) is 0 Å². The lowest BCUT2D eigenvalue weighted by molar-refractivity contribution is 0.00679. The fourth-order valence-corrected chi connectivity index (χ4v) is 3.69. The molecule has 1 N–H and O–H groups in total. The van der Waals surface area contributed by atoms with Gasteiger partial charge in [0.15, 0.2) is 5.82 Å². The van der Waals surface area contributed by atoms with Gasteiger partial charge in [0.2, 0.25) is 5.89 Å². The van der Waals surface area contributed by atoms with Crippen LogP contribution in [-0.4, -0.2) is 58.1 Å². The summed E-state index contributed by atoms with van der Waals surface area (Å²) in [6, 6.07) is 8.05. The van der Waals surface area contributed by atoms with Crippen molar-refractivity contribution in [3.8, 4) is 17.0 Å². The molecule has 2 aromatic heterocycles. The average molecular weight is 397 g/mol. The van der Waals surface area contributed by atoms with Gasteiger partial charge in [-0.3, -0.25) is 10.00 Å². The molecule has 0 spiro atoms. The minimum atomic E-state index is 0.293. The van der Waals surface area contributed by atoms with Crippen LogP contribution in [0.5, 0.6) is 5.75 Å². The second-order valence-electron chi connectivity index (χ2n) is 7.33. The van der Waals surface area contributed by atoms with Gasteiger partial charge in [-0.25, -0.2) is 0 Å². The van der Waals surface area contributed by atoms with Gasteiger partial charge in [0.1, 0.15) is 5.75 Å². The number of likely N-dealkylation sites (tertiary alicyclic amines) is 1. The molecule has 0 aliphatic carbocycles. The average Bonchev–Trinajstić information content (AvgIpc) is 3.38. The minimum absolute atomic E-state index is 0.293. The molecule has 1 fully saturated rings. The molecule has 0 saturated carbocycles. The van der Waals surface area contributed by atoms with E-state index < -0.39 is 0 Å². The molecule has 0 radical (unpaired) electrons. The van der Waals surface area contributed by atoms with E-state index in [1.165, 1.54) is 5.56 Å². The summed E-state index contributed by atoms with van der Waals surface area (Å²) >= 11 is 0. The molecule has 1 saturated heterocycles. The highest BCUT2D eigenvalue weighted by Crippen LogP contribution is 2.26. The van der Waals surface area contributed by atoms with E-state index in [0.29, 0.717) is 30.8 Å². The largest absolute Gasteiger partial charge is 0.497 e. The molecule has 0 bridgehead atoms. The molecule has 3 heterocycles. The van der Waals surface area contributed by atoms with Gasteiger partial charge >= 0.3 is 0 Å². The van der Waals surface area contributed by atoms with E-state index >= 15 is 0 Å². The monoisotopic (exact) mass is 397 g/mol. The number of piperidine rings is 1. The molecule has 29 heavy (non-hydrogen) atoms. The number of aromatic amines is 1. The Morgan fingerprint density at radius 2 is 2.14 bits per heavy atom. The van der Waals surface area contributed by atoms with Crippen LogP contribution in [0.25, 0.3) is 11.3 Å². The van der Waals surface area contributed by atoms with Gasteiger partial charge in [-0.2, -0.15) is 10.1 Å². The molecule has 0 atom stereocenters. The highest BCUT2D eigenvalue weighted by atomic mass is 16.5. The summed E-state index contributed by atoms with van der Waals surface area (Å²) in [6.45, 7) is 5.32. The van der Waals surface area contributed by atoms with Crippen molar-refractivity contribution in [2.75, 3.05) is 26.8 Å². The number of H-pyrrole nitrogens is 1. The molecular weight excluding hydrogens is 370 g/mol. The second kappa shape index (κ2) is 9.19. The first-order valence-electron chi connectivity index (χ1n) is 10.0. The molecule has 0 unspecified atom stereocenters. The van der Waals surface area contributed by atoms with Crippen LogP contribution in [0, 0.1) is 6.92 Å². The maximum atomic E-state index is 6.02. The van der Waals surface area contributed by atoms with Crippen LogP contribution in [-0.2, 0) is 17.7 Å². The number of methoxy groups -OCH3 is 1. The normalized spacial score (nSPS) is 15.7. The molecule has 8 heteroatoms. The lowest BCUT2D eigenvalue weighted by Gasteiger charge is -2.31. The third-order valence-electron chi connectivity index (χ3n) is 5.25. The van der Waals surface area contributed by atoms with Crippen LogP contribution in [0.2, 0.25) is 0 Å². The van der Waals surface area contributed by atoms with Crippen LogP contribution >= 0.6 is 0 Å². The number of rotatable bonds is 8. The van der Waals surface area contributed by atoms with E-state index in [4.69, 9.17) is 14.0 Å². The Morgan fingerprint density at radius 1 is 1.28 bits per heavy atom. The molecule has 1 aromatic carbocycles. The maximum Gasteiger partial charge on any atom is 0.223 e. The number of hydrogen-bond donors (Lipinski definition) is 1. The fraction of sp³-hybridized carbons (Fsp3) is 0.476. The molecule has 3 aromatic rings. The molecule has 1 aliphatic rings. The zero-order chi connectivity index (χ0) is 20.1. The van der Waals surface area contributed by atoms with Gasteiger partial charge in [0, 0.05) is 44.1 Å². The van der Waals surface area contributed by atoms with Gasteiger partial charge in [-0.1, -0.05) is 17.3 Å². The Morgan fingerprint density at radius 3 is 2.90 bits per heavy atom. The van der Waals surface area contributed by atoms with Gasteiger partial charge in [0.25, 0.3) is 0 Å². The van der Waals surface area contributed by atoms with Crippen molar-refractivity contribution in [1.29, 1.82) is 0 Å². The Balaban J connectivity index is 1.26. The third kappa shape index (κ3) is 5.02. The van der Waals surface area contributed by atoms with Crippen molar-refractivity contribution >= 4 is 0 Å². The molecule has 8 nitrogen and oxygen atoms in total. The first-order chi connectivity index (χ1) is 14.2. The number of nitrogens with one attached hydrogen (secondary N) is 1. The Kier molecular flexibility index (Phi) is 6.21. The first-order valence-corrected chi connectivity index (χ1v) is 10.0.